The third-order valence-electron chi connectivity index (χ3n) is 2.16. The zero-order valence-corrected chi connectivity index (χ0v) is 10.6. The number of nitrogens with zero attached hydrogens (tertiary/aromatic N) is 3. The van der Waals surface area contributed by atoms with Crippen molar-refractivity contribution < 1.29 is 0 Å². The highest BCUT2D eigenvalue weighted by atomic mass is 32.2. The Morgan fingerprint density at radius 3 is 3.06 bits per heavy atom. The molecule has 17 heavy (non-hydrogen) atoms. The zero-order chi connectivity index (χ0) is 11.8. The van der Waals surface area contributed by atoms with Crippen molar-refractivity contribution in [3.05, 3.63) is 23.3 Å². The van der Waals surface area contributed by atoms with Gasteiger partial charge in [0, 0.05) is 22.7 Å². The van der Waals surface area contributed by atoms with Crippen LogP contribution in [0.5, 0.6) is 0 Å². The summed E-state index contributed by atoms with van der Waals surface area (Å²) in [5.41, 5.74) is 5.70. The lowest BCUT2D eigenvalue weighted by atomic mass is 10.4. The summed E-state index contributed by atoms with van der Waals surface area (Å²) in [5, 5.41) is 2.67. The summed E-state index contributed by atoms with van der Waals surface area (Å²) < 4.78 is 0. The number of nitrogen functional groups attached to an aromatic ring is 1. The molecule has 0 amide bonds. The van der Waals surface area contributed by atoms with Crippen LogP contribution >= 0.6 is 23.1 Å². The molecule has 3 N–H and O–H groups in total. The fourth-order valence-electron chi connectivity index (χ4n) is 1.51. The number of hydrogen-bond acceptors (Lipinski definition) is 6. The van der Waals surface area contributed by atoms with E-state index in [1.807, 2.05) is 6.92 Å². The first-order chi connectivity index (χ1) is 8.22. The predicted octanol–water partition coefficient (Wildman–Crippen LogP) is 2.46. The third kappa shape index (κ3) is 1.98. The molecule has 3 rings (SSSR count). The first kappa shape index (κ1) is 10.5. The Bertz CT molecular complexity index is 659. The summed E-state index contributed by atoms with van der Waals surface area (Å²) in [7, 11) is 0. The number of nitrogens with two attached hydrogens (primary N) is 1. The summed E-state index contributed by atoms with van der Waals surface area (Å²) in [6.45, 7) is 2.05. The molecule has 0 saturated carbocycles. The molecule has 0 aromatic carbocycles. The molecule has 0 spiro atoms. The quantitative estimate of drug-likeness (QED) is 0.694. The maximum atomic E-state index is 5.70. The van der Waals surface area contributed by atoms with Gasteiger partial charge in [-0.15, -0.1) is 11.3 Å². The fraction of sp³-hybridized carbons (Fsp3) is 0.100. The van der Waals surface area contributed by atoms with E-state index in [1.165, 1.54) is 16.6 Å². The minimum atomic E-state index is 0.299. The molecule has 0 saturated heterocycles. The topological polar surface area (TPSA) is 80.5 Å². The second-order valence-electron chi connectivity index (χ2n) is 3.46. The van der Waals surface area contributed by atoms with E-state index in [0.717, 1.165) is 20.4 Å². The molecule has 0 fully saturated rings. The Balaban J connectivity index is 2.14. The summed E-state index contributed by atoms with van der Waals surface area (Å²) in [4.78, 5) is 17.8. The monoisotopic (exact) mass is 263 g/mol. The second kappa shape index (κ2) is 4.01. The van der Waals surface area contributed by atoms with Crippen LogP contribution < -0.4 is 5.73 Å². The third-order valence-corrected chi connectivity index (χ3v) is 4.03. The van der Waals surface area contributed by atoms with Crippen molar-refractivity contribution in [3.8, 4) is 0 Å². The van der Waals surface area contributed by atoms with Crippen LogP contribution in [0.3, 0.4) is 0 Å². The number of rotatable bonds is 2. The van der Waals surface area contributed by atoms with E-state index < -0.39 is 0 Å². The van der Waals surface area contributed by atoms with Crippen LogP contribution in [0.15, 0.2) is 28.6 Å². The molecule has 0 aliphatic rings. The number of anilines is 1. The van der Waals surface area contributed by atoms with Crippen molar-refractivity contribution in [3.63, 3.8) is 0 Å². The van der Waals surface area contributed by atoms with E-state index in [2.05, 4.69) is 26.0 Å². The van der Waals surface area contributed by atoms with E-state index in [-0.39, 0.29) is 0 Å². The van der Waals surface area contributed by atoms with Gasteiger partial charge in [0.15, 0.2) is 5.16 Å². The fourth-order valence-corrected chi connectivity index (χ4v) is 3.29. The lowest BCUT2D eigenvalue weighted by molar-refractivity contribution is 1.04. The first-order valence-electron chi connectivity index (χ1n) is 4.93. The number of aryl methyl sites for hydroxylation is 1. The molecule has 86 valence electrons. The Morgan fingerprint density at radius 1 is 1.41 bits per heavy atom. The van der Waals surface area contributed by atoms with Crippen LogP contribution in [0, 0.1) is 6.92 Å². The number of aromatic nitrogens is 4. The van der Waals surface area contributed by atoms with Gasteiger partial charge in [0.05, 0.1) is 0 Å². The molecule has 0 bridgehead atoms. The zero-order valence-electron chi connectivity index (χ0n) is 8.97. The number of nitrogens with one attached hydrogen (secondary N) is 1. The highest BCUT2D eigenvalue weighted by Gasteiger charge is 2.11. The standard InChI is InChI=1S/C10H9N5S2/c1-5-4-6-7(16-5)14-9(11)15-8(6)17-10-12-2-3-13-10/h2-4H,1H3,(H,12,13)(H2,11,14,15). The molecular weight excluding hydrogens is 254 g/mol. The van der Waals surface area contributed by atoms with Gasteiger partial charge in [0.1, 0.15) is 9.86 Å². The number of hydrogen-bond donors (Lipinski definition) is 2. The maximum Gasteiger partial charge on any atom is 0.222 e. The van der Waals surface area contributed by atoms with Gasteiger partial charge in [-0.1, -0.05) is 0 Å². The minimum absolute atomic E-state index is 0.299. The van der Waals surface area contributed by atoms with E-state index in [9.17, 15) is 0 Å². The van der Waals surface area contributed by atoms with E-state index >= 15 is 0 Å². The van der Waals surface area contributed by atoms with E-state index in [0.29, 0.717) is 5.95 Å². The Labute approximate surface area is 106 Å². The van der Waals surface area contributed by atoms with Crippen molar-refractivity contribution in [1.29, 1.82) is 0 Å². The van der Waals surface area contributed by atoms with Crippen molar-refractivity contribution >= 4 is 39.3 Å². The molecule has 7 heteroatoms. The number of thiophene rings is 1. The minimum Gasteiger partial charge on any atom is -0.368 e. The Hall–Kier alpha value is -1.60. The summed E-state index contributed by atoms with van der Waals surface area (Å²) >= 11 is 3.08. The lowest BCUT2D eigenvalue weighted by Gasteiger charge is -2.00. The van der Waals surface area contributed by atoms with Gasteiger partial charge in [-0.05, 0) is 24.8 Å². The number of H-pyrrole nitrogens is 1. The van der Waals surface area contributed by atoms with Crippen molar-refractivity contribution in [2.75, 3.05) is 5.73 Å². The van der Waals surface area contributed by atoms with Crippen LogP contribution in [0.1, 0.15) is 4.88 Å². The second-order valence-corrected chi connectivity index (χ2v) is 5.67. The smallest absolute Gasteiger partial charge is 0.222 e. The van der Waals surface area contributed by atoms with Gasteiger partial charge in [0.2, 0.25) is 5.95 Å². The van der Waals surface area contributed by atoms with Gasteiger partial charge in [-0.25, -0.2) is 15.0 Å². The van der Waals surface area contributed by atoms with Gasteiger partial charge in [0.25, 0.3) is 0 Å². The maximum absolute atomic E-state index is 5.70. The van der Waals surface area contributed by atoms with Crippen LogP contribution in [0.25, 0.3) is 10.2 Å². The SMILES string of the molecule is Cc1cc2c(Sc3ncc[nH]3)nc(N)nc2s1. The Morgan fingerprint density at radius 2 is 2.29 bits per heavy atom. The molecule has 5 nitrogen and oxygen atoms in total. The van der Waals surface area contributed by atoms with Crippen molar-refractivity contribution in [1.82, 2.24) is 19.9 Å². The lowest BCUT2D eigenvalue weighted by Crippen LogP contribution is -1.95. The van der Waals surface area contributed by atoms with Crippen molar-refractivity contribution in [2.45, 2.75) is 17.1 Å². The Kier molecular flexibility index (Phi) is 2.49. The van der Waals surface area contributed by atoms with Crippen LogP contribution in [0.2, 0.25) is 0 Å². The van der Waals surface area contributed by atoms with Crippen LogP contribution in [0.4, 0.5) is 5.95 Å². The highest BCUT2D eigenvalue weighted by Crippen LogP contribution is 2.33. The van der Waals surface area contributed by atoms with Gasteiger partial charge in [-0.2, -0.15) is 0 Å². The van der Waals surface area contributed by atoms with Gasteiger partial charge in [-0.3, -0.25) is 0 Å². The summed E-state index contributed by atoms with van der Waals surface area (Å²) in [6.07, 6.45) is 3.49. The van der Waals surface area contributed by atoms with Crippen LogP contribution in [-0.2, 0) is 0 Å². The molecule has 3 aromatic rings. The van der Waals surface area contributed by atoms with Crippen molar-refractivity contribution in [2.24, 2.45) is 0 Å². The average Bonchev–Trinajstić information content (AvgIpc) is 2.86. The molecule has 3 heterocycles. The largest absolute Gasteiger partial charge is 0.368 e. The molecule has 0 unspecified atom stereocenters. The molecule has 0 atom stereocenters. The number of fused-ring (bicyclic) bond motifs is 1. The molecule has 0 radical (unpaired) electrons. The van der Waals surface area contributed by atoms with E-state index in [1.54, 1.807) is 23.7 Å². The van der Waals surface area contributed by atoms with Gasteiger partial charge < -0.3 is 10.7 Å². The number of aromatic amines is 1. The van der Waals surface area contributed by atoms with Gasteiger partial charge >= 0.3 is 0 Å². The molecule has 0 aliphatic carbocycles. The molecule has 3 aromatic heterocycles. The number of imidazole rings is 1. The summed E-state index contributed by atoms with van der Waals surface area (Å²) in [6, 6.07) is 2.07. The average molecular weight is 263 g/mol. The van der Waals surface area contributed by atoms with Crippen LogP contribution in [-0.4, -0.2) is 19.9 Å². The van der Waals surface area contributed by atoms with E-state index in [4.69, 9.17) is 5.73 Å². The highest BCUT2D eigenvalue weighted by molar-refractivity contribution is 7.99. The first-order valence-corrected chi connectivity index (χ1v) is 6.56. The normalized spacial score (nSPS) is 11.1. The molecule has 0 aliphatic heterocycles. The molecular formula is C10H9N5S2. The predicted molar refractivity (Wildman–Crippen MR) is 69.3 cm³/mol. The summed E-state index contributed by atoms with van der Waals surface area (Å²) in [5.74, 6) is 0.299.